The summed E-state index contributed by atoms with van der Waals surface area (Å²) in [5, 5.41) is 16.9. The average Bonchev–Trinajstić information content (AvgIpc) is 2.99. The number of aromatic nitrogens is 1. The van der Waals surface area contributed by atoms with Crippen LogP contribution in [0.25, 0.3) is 0 Å². The Morgan fingerprint density at radius 2 is 2.11 bits per heavy atom. The Labute approximate surface area is 160 Å². The maximum atomic E-state index is 12.8. The second kappa shape index (κ2) is 8.46. The summed E-state index contributed by atoms with van der Waals surface area (Å²) >= 11 is 5.73. The van der Waals surface area contributed by atoms with E-state index in [1.165, 1.54) is 6.07 Å². The van der Waals surface area contributed by atoms with Crippen LogP contribution in [0.2, 0.25) is 5.02 Å². The Morgan fingerprint density at radius 1 is 1.41 bits per heavy atom. The normalized spacial score (nSPS) is 11.6. The molecule has 2 aromatic rings. The zero-order chi connectivity index (χ0) is 20.2. The molecule has 0 spiro atoms. The smallest absolute Gasteiger partial charge is 0.289 e. The second-order valence-electron chi connectivity index (χ2n) is 5.58. The summed E-state index contributed by atoms with van der Waals surface area (Å²) in [5.41, 5.74) is -0.531. The largest absolute Gasteiger partial charge is 0.360 e. The third-order valence-electron chi connectivity index (χ3n) is 3.44. The van der Waals surface area contributed by atoms with Crippen LogP contribution in [0.15, 0.2) is 33.7 Å². The third kappa shape index (κ3) is 5.02. The fourth-order valence-electron chi connectivity index (χ4n) is 2.24. The molecule has 1 aromatic heterocycles. The number of nitrogens with one attached hydrogen (secondary N) is 1. The van der Waals surface area contributed by atoms with Crippen molar-refractivity contribution in [1.29, 1.82) is 0 Å². The van der Waals surface area contributed by atoms with E-state index in [-0.39, 0.29) is 22.3 Å². The van der Waals surface area contributed by atoms with E-state index in [2.05, 4.69) is 10.5 Å². The predicted octanol–water partition coefficient (Wildman–Crippen LogP) is 2.58. The van der Waals surface area contributed by atoms with E-state index in [0.717, 1.165) is 22.5 Å². The molecule has 1 amide bonds. The molecule has 1 heterocycles. The first kappa shape index (κ1) is 20.8. The zero-order valence-electron chi connectivity index (χ0n) is 14.5. The van der Waals surface area contributed by atoms with Gasteiger partial charge in [0.2, 0.25) is 15.9 Å². The van der Waals surface area contributed by atoms with Gasteiger partial charge in [0.15, 0.2) is 5.82 Å². The van der Waals surface area contributed by atoms with Gasteiger partial charge in [-0.15, -0.1) is 0 Å². The fraction of sp³-hybridized carbons (Fsp3) is 0.333. The SMILES string of the molecule is CCCN(CC(=O)Nc1cc(C)on1)S(=O)(=O)c1ccc(Cl)c([N+](=O)[O-])c1. The molecule has 0 unspecified atom stereocenters. The van der Waals surface area contributed by atoms with Crippen LogP contribution in [-0.4, -0.2) is 41.8 Å². The van der Waals surface area contributed by atoms with Gasteiger partial charge in [0.1, 0.15) is 10.8 Å². The third-order valence-corrected chi connectivity index (χ3v) is 5.60. The molecule has 0 atom stereocenters. The topological polar surface area (TPSA) is 136 Å². The highest BCUT2D eigenvalue weighted by Gasteiger charge is 2.28. The van der Waals surface area contributed by atoms with Crippen LogP contribution in [0.1, 0.15) is 19.1 Å². The molecule has 12 heteroatoms. The van der Waals surface area contributed by atoms with E-state index in [1.807, 2.05) is 0 Å². The lowest BCUT2D eigenvalue weighted by Gasteiger charge is -2.21. The molecule has 10 nitrogen and oxygen atoms in total. The van der Waals surface area contributed by atoms with E-state index in [0.29, 0.717) is 12.2 Å². The van der Waals surface area contributed by atoms with Gasteiger partial charge in [0, 0.05) is 18.7 Å². The molecule has 0 bridgehead atoms. The molecule has 1 N–H and O–H groups in total. The van der Waals surface area contributed by atoms with Crippen molar-refractivity contribution in [2.45, 2.75) is 25.2 Å². The number of sulfonamides is 1. The number of aryl methyl sites for hydroxylation is 1. The summed E-state index contributed by atoms with van der Waals surface area (Å²) in [6.45, 7) is 2.94. The van der Waals surface area contributed by atoms with Crippen molar-refractivity contribution in [3.63, 3.8) is 0 Å². The van der Waals surface area contributed by atoms with E-state index in [1.54, 1.807) is 13.8 Å². The summed E-state index contributed by atoms with van der Waals surface area (Å²) in [6, 6.07) is 4.65. The van der Waals surface area contributed by atoms with Crippen molar-refractivity contribution >= 4 is 39.0 Å². The lowest BCUT2D eigenvalue weighted by atomic mass is 10.3. The predicted molar refractivity (Wildman–Crippen MR) is 97.0 cm³/mol. The number of carbonyl (C=O) groups excluding carboxylic acids is 1. The van der Waals surface area contributed by atoms with Crippen molar-refractivity contribution in [3.05, 3.63) is 45.2 Å². The summed E-state index contributed by atoms with van der Waals surface area (Å²) in [4.78, 5) is 22.1. The van der Waals surface area contributed by atoms with Gasteiger partial charge in [-0.25, -0.2) is 8.42 Å². The van der Waals surface area contributed by atoms with Crippen LogP contribution in [0.3, 0.4) is 0 Å². The number of hydrogen-bond acceptors (Lipinski definition) is 7. The maximum Gasteiger partial charge on any atom is 0.289 e. The zero-order valence-corrected chi connectivity index (χ0v) is 16.1. The van der Waals surface area contributed by atoms with Crippen molar-refractivity contribution in [2.75, 3.05) is 18.4 Å². The number of hydrogen-bond donors (Lipinski definition) is 1. The van der Waals surface area contributed by atoms with Crippen molar-refractivity contribution < 1.29 is 22.7 Å². The number of halogens is 1. The van der Waals surface area contributed by atoms with Crippen LogP contribution in [0.5, 0.6) is 0 Å². The first-order valence-electron chi connectivity index (χ1n) is 7.82. The quantitative estimate of drug-likeness (QED) is 0.515. The fourth-order valence-corrected chi connectivity index (χ4v) is 3.94. The molecule has 27 heavy (non-hydrogen) atoms. The minimum atomic E-state index is -4.15. The highest BCUT2D eigenvalue weighted by Crippen LogP contribution is 2.28. The van der Waals surface area contributed by atoms with Gasteiger partial charge in [0.05, 0.1) is 16.4 Å². The van der Waals surface area contributed by atoms with Crippen molar-refractivity contribution in [1.82, 2.24) is 9.46 Å². The molecule has 2 rings (SSSR count). The Bertz CT molecular complexity index is 959. The monoisotopic (exact) mass is 416 g/mol. The summed E-state index contributed by atoms with van der Waals surface area (Å²) < 4.78 is 31.5. The molecular weight excluding hydrogens is 400 g/mol. The number of rotatable bonds is 8. The molecule has 0 aliphatic carbocycles. The molecule has 146 valence electrons. The van der Waals surface area contributed by atoms with Crippen molar-refractivity contribution in [3.8, 4) is 0 Å². The summed E-state index contributed by atoms with van der Waals surface area (Å²) in [7, 11) is -4.15. The molecule has 0 saturated carbocycles. The number of nitro groups is 1. The standard InChI is InChI=1S/C15H17ClN4O6S/c1-3-6-19(9-15(21)17-14-7-10(2)26-18-14)27(24,25)11-4-5-12(16)13(8-11)20(22)23/h4-5,7-8H,3,6,9H2,1-2H3,(H,17,18,21). The molecule has 0 aliphatic rings. The first-order chi connectivity index (χ1) is 12.6. The van der Waals surface area contributed by atoms with E-state index < -0.39 is 33.1 Å². The van der Waals surface area contributed by atoms with Gasteiger partial charge in [0.25, 0.3) is 5.69 Å². The number of amides is 1. The van der Waals surface area contributed by atoms with Crippen LogP contribution in [-0.2, 0) is 14.8 Å². The Hall–Kier alpha value is -2.50. The van der Waals surface area contributed by atoms with Crippen LogP contribution in [0.4, 0.5) is 11.5 Å². The lowest BCUT2D eigenvalue weighted by Crippen LogP contribution is -2.38. The summed E-state index contributed by atoms with van der Waals surface area (Å²) in [5.74, 6) is 0.0223. The molecule has 0 aliphatic heterocycles. The van der Waals surface area contributed by atoms with Gasteiger partial charge >= 0.3 is 0 Å². The average molecular weight is 417 g/mol. The molecule has 0 saturated heterocycles. The van der Waals surface area contributed by atoms with Crippen LogP contribution < -0.4 is 5.32 Å². The maximum absolute atomic E-state index is 12.8. The van der Waals surface area contributed by atoms with Gasteiger partial charge < -0.3 is 9.84 Å². The van der Waals surface area contributed by atoms with E-state index >= 15 is 0 Å². The molecule has 1 aromatic carbocycles. The number of benzene rings is 1. The first-order valence-corrected chi connectivity index (χ1v) is 9.64. The molecule has 0 fully saturated rings. The lowest BCUT2D eigenvalue weighted by molar-refractivity contribution is -0.384. The minimum absolute atomic E-state index is 0.0457. The van der Waals surface area contributed by atoms with Crippen LogP contribution in [0, 0.1) is 17.0 Å². The minimum Gasteiger partial charge on any atom is -0.360 e. The highest BCUT2D eigenvalue weighted by molar-refractivity contribution is 7.89. The van der Waals surface area contributed by atoms with E-state index in [9.17, 15) is 23.3 Å². The van der Waals surface area contributed by atoms with E-state index in [4.69, 9.17) is 16.1 Å². The van der Waals surface area contributed by atoms with Crippen LogP contribution >= 0.6 is 11.6 Å². The number of nitro benzene ring substituents is 1. The van der Waals surface area contributed by atoms with Gasteiger partial charge in [-0.2, -0.15) is 4.31 Å². The number of nitrogens with zero attached hydrogens (tertiary/aromatic N) is 3. The van der Waals surface area contributed by atoms with Gasteiger partial charge in [-0.3, -0.25) is 14.9 Å². The Morgan fingerprint density at radius 3 is 2.67 bits per heavy atom. The summed E-state index contributed by atoms with van der Waals surface area (Å²) in [6.07, 6.45) is 0.436. The molecule has 0 radical (unpaired) electrons. The Balaban J connectivity index is 2.27. The van der Waals surface area contributed by atoms with Gasteiger partial charge in [-0.1, -0.05) is 23.7 Å². The highest BCUT2D eigenvalue weighted by atomic mass is 35.5. The van der Waals surface area contributed by atoms with Crippen molar-refractivity contribution in [2.24, 2.45) is 0 Å². The number of anilines is 1. The van der Waals surface area contributed by atoms with Gasteiger partial charge in [-0.05, 0) is 25.5 Å². The molecular formula is C15H17ClN4O6S. The number of carbonyl (C=O) groups is 1. The Kier molecular flexibility index (Phi) is 6.52. The second-order valence-corrected chi connectivity index (χ2v) is 7.93.